The SMILES string of the molecule is CCC(Cn1ccnc1)NCc1cnc(-c2ccccc2OC)s1. The van der Waals surface area contributed by atoms with E-state index in [0.717, 1.165) is 35.8 Å². The molecule has 0 radical (unpaired) electrons. The van der Waals surface area contributed by atoms with Gasteiger partial charge in [-0.05, 0) is 18.6 Å². The van der Waals surface area contributed by atoms with Crippen molar-refractivity contribution in [3.8, 4) is 16.3 Å². The Labute approximate surface area is 146 Å². The van der Waals surface area contributed by atoms with Crippen LogP contribution in [0.3, 0.4) is 0 Å². The predicted molar refractivity (Wildman–Crippen MR) is 97.2 cm³/mol. The molecule has 1 unspecified atom stereocenters. The topological polar surface area (TPSA) is 52.0 Å². The minimum absolute atomic E-state index is 0.413. The van der Waals surface area contributed by atoms with Crippen molar-refractivity contribution < 1.29 is 4.74 Å². The second-order valence-corrected chi connectivity index (χ2v) is 6.69. The van der Waals surface area contributed by atoms with Crippen LogP contribution in [0.4, 0.5) is 0 Å². The lowest BCUT2D eigenvalue weighted by Crippen LogP contribution is -2.31. The van der Waals surface area contributed by atoms with Crippen LogP contribution >= 0.6 is 11.3 Å². The zero-order valence-corrected chi connectivity index (χ0v) is 14.8. The van der Waals surface area contributed by atoms with Gasteiger partial charge in [-0.3, -0.25) is 0 Å². The highest BCUT2D eigenvalue weighted by molar-refractivity contribution is 7.15. The molecule has 0 spiro atoms. The monoisotopic (exact) mass is 342 g/mol. The molecule has 0 amide bonds. The number of ether oxygens (including phenoxy) is 1. The highest BCUT2D eigenvalue weighted by atomic mass is 32.1. The van der Waals surface area contributed by atoms with E-state index in [0.29, 0.717) is 6.04 Å². The van der Waals surface area contributed by atoms with Gasteiger partial charge in [-0.1, -0.05) is 19.1 Å². The number of aromatic nitrogens is 3. The number of para-hydroxylation sites is 1. The number of hydrogen-bond acceptors (Lipinski definition) is 5. The molecule has 2 heterocycles. The second kappa shape index (κ2) is 8.08. The van der Waals surface area contributed by atoms with Gasteiger partial charge in [0.1, 0.15) is 10.8 Å². The van der Waals surface area contributed by atoms with E-state index in [9.17, 15) is 0 Å². The van der Waals surface area contributed by atoms with E-state index in [-0.39, 0.29) is 0 Å². The lowest BCUT2D eigenvalue weighted by atomic mass is 10.2. The van der Waals surface area contributed by atoms with E-state index >= 15 is 0 Å². The van der Waals surface area contributed by atoms with Gasteiger partial charge in [-0.2, -0.15) is 0 Å². The number of imidazole rings is 1. The summed E-state index contributed by atoms with van der Waals surface area (Å²) in [7, 11) is 1.69. The fourth-order valence-electron chi connectivity index (χ4n) is 2.57. The Hall–Kier alpha value is -2.18. The van der Waals surface area contributed by atoms with Crippen LogP contribution in [0.25, 0.3) is 10.6 Å². The molecule has 1 atom stereocenters. The predicted octanol–water partition coefficient (Wildman–Crippen LogP) is 3.58. The zero-order chi connectivity index (χ0) is 16.8. The maximum Gasteiger partial charge on any atom is 0.129 e. The lowest BCUT2D eigenvalue weighted by molar-refractivity contribution is 0.416. The summed E-state index contributed by atoms with van der Waals surface area (Å²) in [6.07, 6.45) is 8.68. The molecule has 0 fully saturated rings. The van der Waals surface area contributed by atoms with Crippen LogP contribution in [0.15, 0.2) is 49.2 Å². The molecule has 6 heteroatoms. The van der Waals surface area contributed by atoms with E-state index in [1.54, 1.807) is 18.4 Å². The third-order valence-corrected chi connectivity index (χ3v) is 4.97. The average Bonchev–Trinajstić information content (AvgIpc) is 3.30. The minimum atomic E-state index is 0.413. The first kappa shape index (κ1) is 16.7. The highest BCUT2D eigenvalue weighted by Gasteiger charge is 2.11. The molecular weight excluding hydrogens is 320 g/mol. The maximum atomic E-state index is 5.43. The van der Waals surface area contributed by atoms with Crippen LogP contribution in [0.2, 0.25) is 0 Å². The van der Waals surface area contributed by atoms with Crippen molar-refractivity contribution in [1.29, 1.82) is 0 Å². The van der Waals surface area contributed by atoms with Crippen LogP contribution < -0.4 is 10.1 Å². The Morgan fingerprint density at radius 1 is 1.33 bits per heavy atom. The molecule has 3 aromatic rings. The summed E-state index contributed by atoms with van der Waals surface area (Å²) in [6, 6.07) is 8.40. The van der Waals surface area contributed by atoms with Gasteiger partial charge in [-0.15, -0.1) is 11.3 Å². The van der Waals surface area contributed by atoms with Gasteiger partial charge < -0.3 is 14.6 Å². The highest BCUT2D eigenvalue weighted by Crippen LogP contribution is 2.32. The Balaban J connectivity index is 1.63. The van der Waals surface area contributed by atoms with Gasteiger partial charge in [0.2, 0.25) is 0 Å². The van der Waals surface area contributed by atoms with Gasteiger partial charge in [0.15, 0.2) is 0 Å². The molecule has 24 heavy (non-hydrogen) atoms. The van der Waals surface area contributed by atoms with E-state index in [1.807, 2.05) is 49.2 Å². The molecule has 1 N–H and O–H groups in total. The number of hydrogen-bond donors (Lipinski definition) is 1. The molecule has 0 saturated carbocycles. The third kappa shape index (κ3) is 4.01. The van der Waals surface area contributed by atoms with Crippen molar-refractivity contribution in [2.75, 3.05) is 7.11 Å². The average molecular weight is 342 g/mol. The standard InChI is InChI=1S/C18H22N4OS/c1-3-14(12-22-9-8-19-13-22)20-10-15-11-21-18(24-15)16-6-4-5-7-17(16)23-2/h4-9,11,13-14,20H,3,10,12H2,1-2H3. The Morgan fingerprint density at radius 2 is 2.21 bits per heavy atom. The second-order valence-electron chi connectivity index (χ2n) is 5.58. The smallest absolute Gasteiger partial charge is 0.129 e. The van der Waals surface area contributed by atoms with Gasteiger partial charge in [0.05, 0.1) is 19.0 Å². The molecule has 0 aliphatic rings. The summed E-state index contributed by atoms with van der Waals surface area (Å²) in [5.41, 5.74) is 1.04. The van der Waals surface area contributed by atoms with E-state index in [4.69, 9.17) is 4.74 Å². The van der Waals surface area contributed by atoms with Crippen molar-refractivity contribution in [3.63, 3.8) is 0 Å². The van der Waals surface area contributed by atoms with E-state index in [2.05, 4.69) is 26.8 Å². The summed E-state index contributed by atoms with van der Waals surface area (Å²) in [5, 5.41) is 4.60. The normalized spacial score (nSPS) is 12.2. The maximum absolute atomic E-state index is 5.43. The number of nitrogens with one attached hydrogen (secondary N) is 1. The van der Waals surface area contributed by atoms with Crippen LogP contribution in [0.5, 0.6) is 5.75 Å². The van der Waals surface area contributed by atoms with Gasteiger partial charge in [-0.25, -0.2) is 9.97 Å². The fraction of sp³-hybridized carbons (Fsp3) is 0.333. The molecule has 5 nitrogen and oxygen atoms in total. The van der Waals surface area contributed by atoms with E-state index in [1.165, 1.54) is 4.88 Å². The number of rotatable bonds is 8. The minimum Gasteiger partial charge on any atom is -0.496 e. The van der Waals surface area contributed by atoms with Crippen LogP contribution in [0.1, 0.15) is 18.2 Å². The van der Waals surface area contributed by atoms with Gasteiger partial charge >= 0.3 is 0 Å². The Bertz CT molecular complexity index is 754. The molecule has 3 rings (SSSR count). The van der Waals surface area contributed by atoms with Crippen molar-refractivity contribution in [2.45, 2.75) is 32.5 Å². The molecule has 0 aliphatic heterocycles. The summed E-state index contributed by atoms with van der Waals surface area (Å²) in [6.45, 7) is 3.94. The molecule has 0 bridgehead atoms. The molecular formula is C18H22N4OS. The van der Waals surface area contributed by atoms with Gasteiger partial charge in [0, 0.05) is 42.6 Å². The first-order chi connectivity index (χ1) is 11.8. The molecule has 2 aromatic heterocycles. The fourth-order valence-corrected chi connectivity index (χ4v) is 3.46. The van der Waals surface area contributed by atoms with Crippen LogP contribution in [-0.4, -0.2) is 27.7 Å². The Morgan fingerprint density at radius 3 is 2.96 bits per heavy atom. The van der Waals surface area contributed by atoms with Gasteiger partial charge in [0.25, 0.3) is 0 Å². The summed E-state index contributed by atoms with van der Waals surface area (Å²) in [5.74, 6) is 0.859. The quantitative estimate of drug-likeness (QED) is 0.680. The van der Waals surface area contributed by atoms with E-state index < -0.39 is 0 Å². The summed E-state index contributed by atoms with van der Waals surface area (Å²) >= 11 is 1.70. The summed E-state index contributed by atoms with van der Waals surface area (Å²) < 4.78 is 7.53. The summed E-state index contributed by atoms with van der Waals surface area (Å²) in [4.78, 5) is 9.88. The number of benzene rings is 1. The van der Waals surface area contributed by atoms with Crippen molar-refractivity contribution in [2.24, 2.45) is 0 Å². The number of thiazole rings is 1. The first-order valence-electron chi connectivity index (χ1n) is 8.07. The van der Waals surface area contributed by atoms with Crippen LogP contribution in [0, 0.1) is 0 Å². The molecule has 0 aliphatic carbocycles. The largest absolute Gasteiger partial charge is 0.496 e. The van der Waals surface area contributed by atoms with Crippen molar-refractivity contribution in [1.82, 2.24) is 19.9 Å². The third-order valence-electron chi connectivity index (χ3n) is 3.94. The zero-order valence-electron chi connectivity index (χ0n) is 14.0. The van der Waals surface area contributed by atoms with Crippen LogP contribution in [-0.2, 0) is 13.1 Å². The number of nitrogens with zero attached hydrogens (tertiary/aromatic N) is 3. The molecule has 126 valence electrons. The molecule has 0 saturated heterocycles. The number of methoxy groups -OCH3 is 1. The Kier molecular flexibility index (Phi) is 5.61. The first-order valence-corrected chi connectivity index (χ1v) is 8.89. The van der Waals surface area contributed by atoms with Crippen molar-refractivity contribution in [3.05, 3.63) is 54.1 Å². The van der Waals surface area contributed by atoms with Crippen molar-refractivity contribution >= 4 is 11.3 Å². The lowest BCUT2D eigenvalue weighted by Gasteiger charge is -2.16. The molecule has 1 aromatic carbocycles.